The van der Waals surface area contributed by atoms with E-state index >= 15 is 0 Å². The van der Waals surface area contributed by atoms with Crippen LogP contribution in [0.1, 0.15) is 11.4 Å². The van der Waals surface area contributed by atoms with Gasteiger partial charge in [0, 0.05) is 35.8 Å². The van der Waals surface area contributed by atoms with E-state index in [4.69, 9.17) is 0 Å². The summed E-state index contributed by atoms with van der Waals surface area (Å²) in [7, 11) is 0. The summed E-state index contributed by atoms with van der Waals surface area (Å²) in [6.07, 6.45) is 4.05. The number of anilines is 2. The van der Waals surface area contributed by atoms with Crippen molar-refractivity contribution in [3.05, 3.63) is 90.5 Å². The largest absolute Gasteiger partial charge is 0.323 e. The molecule has 2 aromatic heterocycles. The van der Waals surface area contributed by atoms with Crippen molar-refractivity contribution in [2.75, 3.05) is 10.6 Å². The highest BCUT2D eigenvalue weighted by atomic mass is 16.2. The van der Waals surface area contributed by atoms with Gasteiger partial charge >= 0.3 is 6.03 Å². The molecule has 3 N–H and O–H groups in total. The van der Waals surface area contributed by atoms with Crippen molar-refractivity contribution in [3.8, 4) is 11.4 Å². The zero-order valence-corrected chi connectivity index (χ0v) is 15.0. The maximum absolute atomic E-state index is 12.0. The third kappa shape index (κ3) is 4.39. The van der Waals surface area contributed by atoms with Crippen molar-refractivity contribution in [3.63, 3.8) is 0 Å². The fraction of sp³-hybridized carbons (Fsp3) is 0.0476. The average Bonchev–Trinajstić information content (AvgIpc) is 3.19. The molecule has 4 rings (SSSR count). The lowest BCUT2D eigenvalue weighted by Crippen LogP contribution is -2.19. The molecule has 2 heterocycles. The maximum atomic E-state index is 12.0. The van der Waals surface area contributed by atoms with Crippen LogP contribution in [0, 0.1) is 0 Å². The third-order valence-electron chi connectivity index (χ3n) is 4.09. The predicted octanol–water partition coefficient (Wildman–Crippen LogP) is 4.10. The number of nitrogens with one attached hydrogen (secondary N) is 3. The van der Waals surface area contributed by atoms with Crippen LogP contribution in [-0.2, 0) is 6.42 Å². The fourth-order valence-corrected chi connectivity index (χ4v) is 2.72. The lowest BCUT2D eigenvalue weighted by Gasteiger charge is -2.08. The third-order valence-corrected chi connectivity index (χ3v) is 4.09. The standard InChI is InChI=1S/C21H18N6O/c28-21(23-17-4-2-1-3-5-17)24-18-8-6-15(7-9-18)14-19-25-20(27-26-19)16-10-12-22-13-11-16/h1-13H,14H2,(H2,23,24,28)(H,25,26,27). The molecule has 0 saturated heterocycles. The number of hydrogen-bond acceptors (Lipinski definition) is 4. The van der Waals surface area contributed by atoms with Gasteiger partial charge in [0.15, 0.2) is 5.82 Å². The van der Waals surface area contributed by atoms with Gasteiger partial charge in [-0.05, 0) is 42.0 Å². The van der Waals surface area contributed by atoms with Gasteiger partial charge in [-0.25, -0.2) is 9.78 Å². The molecule has 0 aliphatic heterocycles. The number of H-pyrrole nitrogens is 1. The summed E-state index contributed by atoms with van der Waals surface area (Å²) < 4.78 is 0. The molecule has 138 valence electrons. The molecule has 7 nitrogen and oxygen atoms in total. The Kier molecular flexibility index (Phi) is 5.06. The molecule has 0 bridgehead atoms. The number of hydrogen-bond donors (Lipinski definition) is 3. The molecule has 4 aromatic rings. The molecule has 0 fully saturated rings. The van der Waals surface area contributed by atoms with Gasteiger partial charge < -0.3 is 10.6 Å². The number of urea groups is 1. The van der Waals surface area contributed by atoms with Crippen molar-refractivity contribution < 1.29 is 4.79 Å². The number of aromatic nitrogens is 4. The topological polar surface area (TPSA) is 95.6 Å². The molecule has 0 radical (unpaired) electrons. The summed E-state index contributed by atoms with van der Waals surface area (Å²) in [4.78, 5) is 20.6. The normalized spacial score (nSPS) is 10.4. The van der Waals surface area contributed by atoms with E-state index in [-0.39, 0.29) is 6.03 Å². The van der Waals surface area contributed by atoms with Crippen LogP contribution in [0.5, 0.6) is 0 Å². The number of pyridine rings is 1. The highest BCUT2D eigenvalue weighted by molar-refractivity contribution is 5.99. The van der Waals surface area contributed by atoms with E-state index in [9.17, 15) is 4.79 Å². The minimum Gasteiger partial charge on any atom is -0.308 e. The van der Waals surface area contributed by atoms with E-state index in [1.807, 2.05) is 66.7 Å². The maximum Gasteiger partial charge on any atom is 0.323 e. The van der Waals surface area contributed by atoms with Crippen LogP contribution >= 0.6 is 0 Å². The molecule has 0 aliphatic rings. The molecule has 28 heavy (non-hydrogen) atoms. The summed E-state index contributed by atoms with van der Waals surface area (Å²) in [6, 6.07) is 20.4. The minimum absolute atomic E-state index is 0.281. The highest BCUT2D eigenvalue weighted by Crippen LogP contribution is 2.16. The number of rotatable bonds is 5. The Labute approximate surface area is 161 Å². The van der Waals surface area contributed by atoms with E-state index in [0.29, 0.717) is 17.9 Å². The first kappa shape index (κ1) is 17.4. The summed E-state index contributed by atoms with van der Waals surface area (Å²) >= 11 is 0. The lowest BCUT2D eigenvalue weighted by molar-refractivity contribution is 0.262. The zero-order valence-electron chi connectivity index (χ0n) is 15.0. The van der Waals surface area contributed by atoms with Crippen molar-refractivity contribution in [2.45, 2.75) is 6.42 Å². The average molecular weight is 370 g/mol. The smallest absolute Gasteiger partial charge is 0.308 e. The van der Waals surface area contributed by atoms with Gasteiger partial charge in [0.1, 0.15) is 5.82 Å². The van der Waals surface area contributed by atoms with Gasteiger partial charge in [0.05, 0.1) is 0 Å². The van der Waals surface area contributed by atoms with Crippen LogP contribution in [0.25, 0.3) is 11.4 Å². The van der Waals surface area contributed by atoms with Gasteiger partial charge in [-0.15, -0.1) is 0 Å². The first-order valence-electron chi connectivity index (χ1n) is 8.80. The first-order valence-corrected chi connectivity index (χ1v) is 8.80. The van der Waals surface area contributed by atoms with Crippen LogP contribution in [-0.4, -0.2) is 26.2 Å². The van der Waals surface area contributed by atoms with Gasteiger partial charge in [0.2, 0.25) is 0 Å². The minimum atomic E-state index is -0.281. The Hall–Kier alpha value is -4.00. The number of carbonyl (C=O) groups is 1. The fourth-order valence-electron chi connectivity index (χ4n) is 2.72. The lowest BCUT2D eigenvalue weighted by atomic mass is 10.1. The van der Waals surface area contributed by atoms with E-state index in [1.54, 1.807) is 12.4 Å². The Morgan fingerprint density at radius 2 is 1.54 bits per heavy atom. The second kappa shape index (κ2) is 8.13. The Morgan fingerprint density at radius 1 is 0.857 bits per heavy atom. The number of carbonyl (C=O) groups excluding carboxylic acids is 1. The number of para-hydroxylation sites is 1. The van der Waals surface area contributed by atoms with Crippen molar-refractivity contribution in [1.29, 1.82) is 0 Å². The van der Waals surface area contributed by atoms with Crippen LogP contribution in [0.4, 0.5) is 16.2 Å². The molecule has 0 atom stereocenters. The van der Waals surface area contributed by atoms with Crippen molar-refractivity contribution in [1.82, 2.24) is 20.2 Å². The first-order chi connectivity index (χ1) is 13.8. The quantitative estimate of drug-likeness (QED) is 0.493. The molecule has 0 aliphatic carbocycles. The number of benzene rings is 2. The number of aromatic amines is 1. The summed E-state index contributed by atoms with van der Waals surface area (Å²) in [6.45, 7) is 0. The Bertz CT molecular complexity index is 1050. The van der Waals surface area contributed by atoms with Crippen LogP contribution in [0.15, 0.2) is 79.1 Å². The number of nitrogens with zero attached hydrogens (tertiary/aromatic N) is 3. The Balaban J connectivity index is 1.36. The van der Waals surface area contributed by atoms with Crippen LogP contribution in [0.3, 0.4) is 0 Å². The molecule has 0 unspecified atom stereocenters. The molecular formula is C21H18N6O. The van der Waals surface area contributed by atoms with Gasteiger partial charge in [0.25, 0.3) is 0 Å². The summed E-state index contributed by atoms with van der Waals surface area (Å²) in [5.74, 6) is 1.42. The van der Waals surface area contributed by atoms with Crippen molar-refractivity contribution in [2.24, 2.45) is 0 Å². The molecule has 0 spiro atoms. The summed E-state index contributed by atoms with van der Waals surface area (Å²) in [5, 5.41) is 12.8. The Morgan fingerprint density at radius 3 is 2.25 bits per heavy atom. The molecule has 0 saturated carbocycles. The van der Waals surface area contributed by atoms with Crippen LogP contribution in [0.2, 0.25) is 0 Å². The molecule has 2 amide bonds. The molecule has 2 aromatic carbocycles. The second-order valence-electron chi connectivity index (χ2n) is 6.16. The highest BCUT2D eigenvalue weighted by Gasteiger charge is 2.07. The predicted molar refractivity (Wildman–Crippen MR) is 108 cm³/mol. The van der Waals surface area contributed by atoms with Crippen LogP contribution < -0.4 is 10.6 Å². The van der Waals surface area contributed by atoms with Gasteiger partial charge in [-0.2, -0.15) is 5.10 Å². The van der Waals surface area contributed by atoms with E-state index in [0.717, 1.165) is 22.6 Å². The second-order valence-corrected chi connectivity index (χ2v) is 6.16. The van der Waals surface area contributed by atoms with E-state index < -0.39 is 0 Å². The zero-order chi connectivity index (χ0) is 19.2. The van der Waals surface area contributed by atoms with E-state index in [2.05, 4.69) is 30.8 Å². The van der Waals surface area contributed by atoms with Gasteiger partial charge in [-0.3, -0.25) is 10.1 Å². The van der Waals surface area contributed by atoms with Crippen molar-refractivity contribution >= 4 is 17.4 Å². The SMILES string of the molecule is O=C(Nc1ccccc1)Nc1ccc(Cc2nc(-c3ccncc3)n[nH]2)cc1. The van der Waals surface area contributed by atoms with Gasteiger partial charge in [-0.1, -0.05) is 30.3 Å². The molecular weight excluding hydrogens is 352 g/mol. The van der Waals surface area contributed by atoms with E-state index in [1.165, 1.54) is 0 Å². The monoisotopic (exact) mass is 370 g/mol. The number of amides is 2. The summed E-state index contributed by atoms with van der Waals surface area (Å²) in [5.41, 5.74) is 3.44. The molecule has 7 heteroatoms.